The van der Waals surface area contributed by atoms with Gasteiger partial charge >= 0.3 is 0 Å². The van der Waals surface area contributed by atoms with Gasteiger partial charge in [-0.1, -0.05) is 32.1 Å². The van der Waals surface area contributed by atoms with Crippen LogP contribution in [0.25, 0.3) is 0 Å². The molecule has 0 radical (unpaired) electrons. The molecule has 1 unspecified atom stereocenters. The fourth-order valence-electron chi connectivity index (χ4n) is 6.84. The number of Topliss-reactive ketones (excluding diaryl/α,β-unsaturated/α-hetero) is 1. The van der Waals surface area contributed by atoms with E-state index in [0.29, 0.717) is 24.2 Å². The van der Waals surface area contributed by atoms with Crippen LogP contribution in [0.4, 0.5) is 0 Å². The first-order chi connectivity index (χ1) is 11.4. The van der Waals surface area contributed by atoms with E-state index in [1.807, 2.05) is 0 Å². The van der Waals surface area contributed by atoms with Gasteiger partial charge in [0.1, 0.15) is 5.25 Å². The summed E-state index contributed by atoms with van der Waals surface area (Å²) in [5.74, 6) is 1.98. The van der Waals surface area contributed by atoms with Crippen LogP contribution in [0.3, 0.4) is 0 Å². The van der Waals surface area contributed by atoms with Crippen LogP contribution in [0.1, 0.15) is 77.0 Å². The van der Waals surface area contributed by atoms with Crippen molar-refractivity contribution in [1.29, 1.82) is 0 Å². The highest BCUT2D eigenvalue weighted by molar-refractivity contribution is 7.87. The van der Waals surface area contributed by atoms with E-state index in [1.165, 1.54) is 25.7 Å². The van der Waals surface area contributed by atoms with E-state index in [2.05, 4.69) is 0 Å². The molecule has 0 heterocycles. The maximum atomic E-state index is 13.4. The van der Waals surface area contributed by atoms with Gasteiger partial charge < -0.3 is 0 Å². The summed E-state index contributed by atoms with van der Waals surface area (Å²) >= 11 is 0. The van der Waals surface area contributed by atoms with Crippen molar-refractivity contribution < 1.29 is 17.8 Å². The van der Waals surface area contributed by atoms with E-state index in [1.54, 1.807) is 0 Å². The predicted octanol–water partition coefficient (Wildman–Crippen LogP) is 4.00. The van der Waals surface area contributed by atoms with E-state index >= 15 is 0 Å². The van der Waals surface area contributed by atoms with Crippen molar-refractivity contribution in [3.8, 4) is 0 Å². The molecule has 5 saturated carbocycles. The van der Waals surface area contributed by atoms with Crippen LogP contribution in [0.15, 0.2) is 0 Å². The zero-order valence-electron chi connectivity index (χ0n) is 14.5. The minimum atomic E-state index is -4.31. The van der Waals surface area contributed by atoms with Crippen LogP contribution in [-0.4, -0.2) is 24.0 Å². The number of carbonyl (C=O) groups excluding carboxylic acids is 1. The van der Waals surface area contributed by atoms with Crippen LogP contribution in [0, 0.1) is 29.1 Å². The van der Waals surface area contributed by atoms with Gasteiger partial charge in [-0.25, -0.2) is 0 Å². The average molecular weight is 355 g/mol. The van der Waals surface area contributed by atoms with E-state index < -0.39 is 20.8 Å². The minimum absolute atomic E-state index is 0.130. The van der Waals surface area contributed by atoms with Crippen LogP contribution in [0.2, 0.25) is 0 Å². The molecular weight excluding hydrogens is 324 g/mol. The van der Waals surface area contributed by atoms with E-state index in [-0.39, 0.29) is 11.7 Å². The molecule has 5 aliphatic rings. The number of hydrogen-bond donors (Lipinski definition) is 1. The van der Waals surface area contributed by atoms with Gasteiger partial charge in [0.2, 0.25) is 0 Å². The summed E-state index contributed by atoms with van der Waals surface area (Å²) in [4.78, 5) is 13.4. The Morgan fingerprint density at radius 1 is 0.958 bits per heavy atom. The van der Waals surface area contributed by atoms with Gasteiger partial charge in [-0.05, 0) is 68.6 Å². The molecule has 0 aromatic heterocycles. The Balaban J connectivity index is 1.57. The molecule has 5 fully saturated rings. The molecular formula is C19H30O4S. The summed E-state index contributed by atoms with van der Waals surface area (Å²) in [6.07, 6.45) is 12.1. The lowest BCUT2D eigenvalue weighted by Crippen LogP contribution is -2.54. The van der Waals surface area contributed by atoms with Crippen LogP contribution < -0.4 is 0 Å². The largest absolute Gasteiger partial charge is 0.298 e. The van der Waals surface area contributed by atoms with Crippen LogP contribution >= 0.6 is 0 Å². The first-order valence-corrected chi connectivity index (χ1v) is 11.4. The standard InChI is InChI=1S/C19H30O4S/c20-18(17(24(21,22)23)9-13-4-2-1-3-5-13)19-10-14-6-15(11-19)8-16(7-14)12-19/h13-17H,1-12H2,(H,21,22,23). The first kappa shape index (κ1) is 17.0. The number of rotatable bonds is 5. The van der Waals surface area contributed by atoms with E-state index in [9.17, 15) is 17.8 Å². The zero-order valence-corrected chi connectivity index (χ0v) is 15.3. The second-order valence-corrected chi connectivity index (χ2v) is 10.9. The highest BCUT2D eigenvalue weighted by atomic mass is 32.2. The van der Waals surface area contributed by atoms with Crippen LogP contribution in [0.5, 0.6) is 0 Å². The fraction of sp³-hybridized carbons (Fsp3) is 0.947. The fourth-order valence-corrected chi connectivity index (χ4v) is 7.88. The van der Waals surface area contributed by atoms with Crippen molar-refractivity contribution in [3.63, 3.8) is 0 Å². The third-order valence-electron chi connectivity index (χ3n) is 7.49. The Hall–Kier alpha value is -0.420. The number of carbonyl (C=O) groups is 1. The van der Waals surface area contributed by atoms with Crippen molar-refractivity contribution in [1.82, 2.24) is 0 Å². The van der Waals surface area contributed by atoms with Crippen molar-refractivity contribution in [2.45, 2.75) is 82.3 Å². The lowest BCUT2D eigenvalue weighted by atomic mass is 9.48. The molecule has 4 nitrogen and oxygen atoms in total. The first-order valence-electron chi connectivity index (χ1n) is 9.86. The molecule has 24 heavy (non-hydrogen) atoms. The topological polar surface area (TPSA) is 71.4 Å². The summed E-state index contributed by atoms with van der Waals surface area (Å²) in [5.41, 5.74) is -0.441. The summed E-state index contributed by atoms with van der Waals surface area (Å²) in [5, 5.41) is -1.17. The predicted molar refractivity (Wildman–Crippen MR) is 92.1 cm³/mol. The summed E-state index contributed by atoms with van der Waals surface area (Å²) in [6, 6.07) is 0. The van der Waals surface area contributed by atoms with Crippen molar-refractivity contribution in [3.05, 3.63) is 0 Å². The van der Waals surface area contributed by atoms with Gasteiger partial charge in [-0.15, -0.1) is 0 Å². The lowest BCUT2D eigenvalue weighted by Gasteiger charge is -2.56. The molecule has 1 N–H and O–H groups in total. The number of ketones is 1. The minimum Gasteiger partial charge on any atom is -0.298 e. The Kier molecular flexibility index (Phi) is 4.31. The second kappa shape index (κ2) is 6.08. The molecule has 0 aromatic carbocycles. The molecule has 0 aromatic rings. The van der Waals surface area contributed by atoms with Crippen molar-refractivity contribution in [2.75, 3.05) is 0 Å². The highest BCUT2D eigenvalue weighted by Crippen LogP contribution is 2.61. The van der Waals surface area contributed by atoms with Gasteiger partial charge in [-0.3, -0.25) is 9.35 Å². The summed E-state index contributed by atoms with van der Waals surface area (Å²) in [7, 11) is -4.31. The Bertz CT molecular complexity index is 568. The molecule has 0 amide bonds. The SMILES string of the molecule is O=C(C(CC1CCCCC1)S(=O)(=O)O)C12CC3CC(CC(C3)C1)C2. The summed E-state index contributed by atoms with van der Waals surface area (Å²) < 4.78 is 34.0. The van der Waals surface area contributed by atoms with Gasteiger partial charge in [0.15, 0.2) is 5.78 Å². The Morgan fingerprint density at radius 2 is 1.46 bits per heavy atom. The van der Waals surface area contributed by atoms with E-state index in [4.69, 9.17) is 0 Å². The second-order valence-electron chi connectivity index (χ2n) is 9.31. The molecule has 4 bridgehead atoms. The molecule has 0 spiro atoms. The normalized spacial score (nSPS) is 40.6. The van der Waals surface area contributed by atoms with Crippen molar-refractivity contribution in [2.24, 2.45) is 29.1 Å². The average Bonchev–Trinajstić information content (AvgIpc) is 2.50. The third-order valence-corrected chi connectivity index (χ3v) is 8.61. The highest BCUT2D eigenvalue weighted by Gasteiger charge is 2.57. The molecule has 1 atom stereocenters. The van der Waals surface area contributed by atoms with Gasteiger partial charge in [0.05, 0.1) is 0 Å². The quantitative estimate of drug-likeness (QED) is 0.758. The zero-order chi connectivity index (χ0) is 16.9. The molecule has 0 saturated heterocycles. The van der Waals surface area contributed by atoms with Gasteiger partial charge in [-0.2, -0.15) is 8.42 Å². The Morgan fingerprint density at radius 3 is 1.92 bits per heavy atom. The monoisotopic (exact) mass is 354 g/mol. The molecule has 5 rings (SSSR count). The van der Waals surface area contributed by atoms with Gasteiger partial charge in [0, 0.05) is 5.41 Å². The molecule has 5 aliphatic carbocycles. The van der Waals surface area contributed by atoms with E-state index in [0.717, 1.165) is 44.9 Å². The van der Waals surface area contributed by atoms with Gasteiger partial charge in [0.25, 0.3) is 10.1 Å². The van der Waals surface area contributed by atoms with Crippen LogP contribution in [-0.2, 0) is 14.9 Å². The van der Waals surface area contributed by atoms with Crippen molar-refractivity contribution >= 4 is 15.9 Å². The smallest absolute Gasteiger partial charge is 0.275 e. The molecule has 136 valence electrons. The summed E-state index contributed by atoms with van der Waals surface area (Å²) in [6.45, 7) is 0. The third kappa shape index (κ3) is 3.07. The Labute approximate surface area is 145 Å². The lowest BCUT2D eigenvalue weighted by molar-refractivity contribution is -0.143. The maximum Gasteiger partial charge on any atom is 0.275 e. The maximum absolute atomic E-state index is 13.4. The molecule has 5 heteroatoms. The number of hydrogen-bond acceptors (Lipinski definition) is 3. The molecule has 0 aliphatic heterocycles.